The smallest absolute Gasteiger partial charge is 0.307 e. The van der Waals surface area contributed by atoms with E-state index < -0.39 is 11.9 Å². The SMILES string of the molecule is CCC1C[C@H](C(=O)NC2CCN(C3CC3)C2)[C@H](C(=O)O)C1. The van der Waals surface area contributed by atoms with Crippen molar-refractivity contribution in [2.45, 2.75) is 57.5 Å². The monoisotopic (exact) mass is 294 g/mol. The van der Waals surface area contributed by atoms with Crippen LogP contribution in [0, 0.1) is 17.8 Å². The average molecular weight is 294 g/mol. The molecule has 0 radical (unpaired) electrons. The number of carbonyl (C=O) groups excluding carboxylic acids is 1. The summed E-state index contributed by atoms with van der Waals surface area (Å²) < 4.78 is 0. The molecule has 1 aliphatic heterocycles. The van der Waals surface area contributed by atoms with Crippen molar-refractivity contribution >= 4 is 11.9 Å². The predicted octanol–water partition coefficient (Wildman–Crippen LogP) is 1.48. The Morgan fingerprint density at radius 1 is 1.19 bits per heavy atom. The lowest BCUT2D eigenvalue weighted by atomic mass is 9.95. The van der Waals surface area contributed by atoms with Gasteiger partial charge in [0.1, 0.15) is 0 Å². The highest BCUT2D eigenvalue weighted by atomic mass is 16.4. The van der Waals surface area contributed by atoms with Crippen LogP contribution < -0.4 is 5.32 Å². The summed E-state index contributed by atoms with van der Waals surface area (Å²) in [6, 6.07) is 0.961. The standard InChI is InChI=1S/C16H26N2O3/c1-2-10-7-13(14(8-10)16(20)21)15(19)17-11-5-6-18(9-11)12-3-4-12/h10-14H,2-9H2,1H3,(H,17,19)(H,20,21)/t10?,11?,13-,14+/m0/s1. The van der Waals surface area contributed by atoms with E-state index in [2.05, 4.69) is 17.1 Å². The van der Waals surface area contributed by atoms with Gasteiger partial charge >= 0.3 is 5.97 Å². The maximum atomic E-state index is 12.5. The number of likely N-dealkylation sites (tertiary alicyclic amines) is 1. The molecule has 0 aromatic heterocycles. The molecule has 2 N–H and O–H groups in total. The Labute approximate surface area is 126 Å². The van der Waals surface area contributed by atoms with Crippen molar-refractivity contribution in [2.24, 2.45) is 17.8 Å². The zero-order chi connectivity index (χ0) is 15.0. The van der Waals surface area contributed by atoms with Crippen molar-refractivity contribution in [2.75, 3.05) is 13.1 Å². The number of amides is 1. The second-order valence-electron chi connectivity index (χ2n) is 7.02. The molecule has 2 aliphatic carbocycles. The van der Waals surface area contributed by atoms with E-state index in [1.54, 1.807) is 0 Å². The molecule has 1 heterocycles. The van der Waals surface area contributed by atoms with E-state index in [0.29, 0.717) is 12.3 Å². The Morgan fingerprint density at radius 3 is 2.52 bits per heavy atom. The van der Waals surface area contributed by atoms with Gasteiger partial charge in [0, 0.05) is 25.2 Å². The lowest BCUT2D eigenvalue weighted by molar-refractivity contribution is -0.146. The molecule has 3 rings (SSSR count). The summed E-state index contributed by atoms with van der Waals surface area (Å²) in [4.78, 5) is 26.3. The van der Waals surface area contributed by atoms with Gasteiger partial charge in [-0.25, -0.2) is 0 Å². The van der Waals surface area contributed by atoms with Gasteiger partial charge in [-0.15, -0.1) is 0 Å². The first-order valence-corrected chi connectivity index (χ1v) is 8.35. The maximum Gasteiger partial charge on any atom is 0.307 e. The number of aliphatic carboxylic acids is 1. The molecule has 2 saturated carbocycles. The van der Waals surface area contributed by atoms with Crippen LogP contribution in [0.25, 0.3) is 0 Å². The van der Waals surface area contributed by atoms with Crippen molar-refractivity contribution in [1.29, 1.82) is 0 Å². The molecule has 0 aromatic rings. The topological polar surface area (TPSA) is 69.6 Å². The highest BCUT2D eigenvalue weighted by Gasteiger charge is 2.43. The first-order chi connectivity index (χ1) is 10.1. The number of nitrogens with one attached hydrogen (secondary N) is 1. The number of hydrogen-bond donors (Lipinski definition) is 2. The van der Waals surface area contributed by atoms with E-state index in [0.717, 1.165) is 38.4 Å². The van der Waals surface area contributed by atoms with Gasteiger partial charge in [-0.3, -0.25) is 14.5 Å². The van der Waals surface area contributed by atoms with Crippen LogP contribution in [0.5, 0.6) is 0 Å². The number of carboxylic acids is 1. The number of nitrogens with zero attached hydrogens (tertiary/aromatic N) is 1. The van der Waals surface area contributed by atoms with Crippen LogP contribution in [0.2, 0.25) is 0 Å². The van der Waals surface area contributed by atoms with Crippen LogP contribution in [0.3, 0.4) is 0 Å². The lowest BCUT2D eigenvalue weighted by Crippen LogP contribution is -2.42. The molecule has 2 unspecified atom stereocenters. The Bertz CT molecular complexity index is 422. The molecule has 5 nitrogen and oxygen atoms in total. The third kappa shape index (κ3) is 3.23. The Morgan fingerprint density at radius 2 is 1.90 bits per heavy atom. The third-order valence-corrected chi connectivity index (χ3v) is 5.52. The average Bonchev–Trinajstić information content (AvgIpc) is 3.03. The van der Waals surface area contributed by atoms with Crippen LogP contribution in [0.1, 0.15) is 45.4 Å². The minimum absolute atomic E-state index is 0.0269. The number of carbonyl (C=O) groups is 2. The van der Waals surface area contributed by atoms with Crippen LogP contribution in [0.15, 0.2) is 0 Å². The minimum Gasteiger partial charge on any atom is -0.481 e. The van der Waals surface area contributed by atoms with Crippen molar-refractivity contribution in [3.05, 3.63) is 0 Å². The number of rotatable bonds is 5. The summed E-state index contributed by atoms with van der Waals surface area (Å²) in [6.45, 7) is 4.09. The van der Waals surface area contributed by atoms with Gasteiger partial charge in [0.05, 0.1) is 11.8 Å². The number of carboxylic acid groups (broad SMARTS) is 1. The summed E-state index contributed by atoms with van der Waals surface area (Å²) in [5.41, 5.74) is 0. The van der Waals surface area contributed by atoms with Crippen molar-refractivity contribution < 1.29 is 14.7 Å². The van der Waals surface area contributed by atoms with Crippen molar-refractivity contribution in [3.8, 4) is 0 Å². The van der Waals surface area contributed by atoms with Gasteiger partial charge in [0.25, 0.3) is 0 Å². The molecule has 1 saturated heterocycles. The summed E-state index contributed by atoms with van der Waals surface area (Å²) in [5.74, 6) is -1.27. The fourth-order valence-corrected chi connectivity index (χ4v) is 4.02. The molecular formula is C16H26N2O3. The molecule has 0 bridgehead atoms. The molecule has 3 aliphatic rings. The summed E-state index contributed by atoms with van der Waals surface area (Å²) in [5, 5.41) is 12.5. The fraction of sp³-hybridized carbons (Fsp3) is 0.875. The highest BCUT2D eigenvalue weighted by Crippen LogP contribution is 2.38. The van der Waals surface area contributed by atoms with Gasteiger partial charge in [-0.2, -0.15) is 0 Å². The maximum absolute atomic E-state index is 12.5. The van der Waals surface area contributed by atoms with E-state index in [-0.39, 0.29) is 17.9 Å². The summed E-state index contributed by atoms with van der Waals surface area (Å²) in [7, 11) is 0. The molecule has 0 aromatic carbocycles. The van der Waals surface area contributed by atoms with E-state index in [9.17, 15) is 14.7 Å². The summed E-state index contributed by atoms with van der Waals surface area (Å²) in [6.07, 6.45) is 5.95. The molecule has 1 amide bonds. The predicted molar refractivity (Wildman–Crippen MR) is 78.8 cm³/mol. The Hall–Kier alpha value is -1.10. The molecule has 0 spiro atoms. The molecule has 21 heavy (non-hydrogen) atoms. The molecular weight excluding hydrogens is 268 g/mol. The summed E-state index contributed by atoms with van der Waals surface area (Å²) >= 11 is 0. The van der Waals surface area contributed by atoms with Crippen LogP contribution in [-0.2, 0) is 9.59 Å². The largest absolute Gasteiger partial charge is 0.481 e. The highest BCUT2D eigenvalue weighted by molar-refractivity contribution is 5.85. The van der Waals surface area contributed by atoms with Gasteiger partial charge in [0.15, 0.2) is 0 Å². The van der Waals surface area contributed by atoms with Crippen LogP contribution in [-0.4, -0.2) is 47.1 Å². The van der Waals surface area contributed by atoms with E-state index in [1.165, 1.54) is 12.8 Å². The van der Waals surface area contributed by atoms with Crippen molar-refractivity contribution in [1.82, 2.24) is 10.2 Å². The van der Waals surface area contributed by atoms with Gasteiger partial charge in [0.2, 0.25) is 5.91 Å². The van der Waals surface area contributed by atoms with E-state index in [4.69, 9.17) is 0 Å². The quantitative estimate of drug-likeness (QED) is 0.806. The second-order valence-corrected chi connectivity index (χ2v) is 7.02. The van der Waals surface area contributed by atoms with Gasteiger partial charge in [-0.1, -0.05) is 13.3 Å². The fourth-order valence-electron chi connectivity index (χ4n) is 4.02. The van der Waals surface area contributed by atoms with Crippen LogP contribution >= 0.6 is 0 Å². The Balaban J connectivity index is 1.55. The van der Waals surface area contributed by atoms with Gasteiger partial charge in [-0.05, 0) is 38.0 Å². The molecule has 3 fully saturated rings. The van der Waals surface area contributed by atoms with E-state index in [1.807, 2.05) is 0 Å². The van der Waals surface area contributed by atoms with Crippen molar-refractivity contribution in [3.63, 3.8) is 0 Å². The van der Waals surface area contributed by atoms with Crippen LogP contribution in [0.4, 0.5) is 0 Å². The molecule has 4 atom stereocenters. The molecule has 118 valence electrons. The first-order valence-electron chi connectivity index (χ1n) is 8.35. The van der Waals surface area contributed by atoms with Gasteiger partial charge < -0.3 is 10.4 Å². The number of hydrogen-bond acceptors (Lipinski definition) is 3. The molecule has 5 heteroatoms. The third-order valence-electron chi connectivity index (χ3n) is 5.52. The lowest BCUT2D eigenvalue weighted by Gasteiger charge is -2.20. The minimum atomic E-state index is -0.808. The second kappa shape index (κ2) is 5.95. The first kappa shape index (κ1) is 14.8. The zero-order valence-corrected chi connectivity index (χ0v) is 12.8. The Kier molecular flexibility index (Phi) is 4.20. The zero-order valence-electron chi connectivity index (χ0n) is 12.8. The van der Waals surface area contributed by atoms with E-state index >= 15 is 0 Å². The normalized spacial score (nSPS) is 36.8.